The molecule has 6 heteroatoms. The number of rotatable bonds is 1. The first-order valence-electron chi connectivity index (χ1n) is 4.39. The maximum atomic E-state index is 11.6. The lowest BCUT2D eigenvalue weighted by atomic mass is 10.2. The normalized spacial score (nSPS) is 10.4. The lowest BCUT2D eigenvalue weighted by Gasteiger charge is -2.01. The van der Waals surface area contributed by atoms with E-state index in [1.54, 1.807) is 18.2 Å². The number of carbonyl (C=O) groups is 1. The van der Waals surface area contributed by atoms with E-state index in [-0.39, 0.29) is 11.4 Å². The fraction of sp³-hybridized carbons (Fsp3) is 0.100. The lowest BCUT2D eigenvalue weighted by molar-refractivity contribution is 0.0587. The van der Waals surface area contributed by atoms with Gasteiger partial charge in [0.2, 0.25) is 5.82 Å². The van der Waals surface area contributed by atoms with Gasteiger partial charge in [-0.25, -0.2) is 9.78 Å². The molecular weight excluding hydrogens is 276 g/mol. The van der Waals surface area contributed by atoms with Gasteiger partial charge in [0.25, 0.3) is 5.56 Å². The lowest BCUT2D eigenvalue weighted by Crippen LogP contribution is -2.16. The van der Waals surface area contributed by atoms with Gasteiger partial charge in [0, 0.05) is 4.47 Å². The highest BCUT2D eigenvalue weighted by atomic mass is 79.9. The number of fused-ring (bicyclic) bond motifs is 1. The van der Waals surface area contributed by atoms with Crippen LogP contribution in [0.1, 0.15) is 10.6 Å². The summed E-state index contributed by atoms with van der Waals surface area (Å²) in [5.74, 6) is -0.760. The summed E-state index contributed by atoms with van der Waals surface area (Å²) in [6.45, 7) is 0. The number of hydrogen-bond donors (Lipinski definition) is 1. The van der Waals surface area contributed by atoms with E-state index in [2.05, 4.69) is 30.6 Å². The molecule has 2 rings (SSSR count). The zero-order valence-electron chi connectivity index (χ0n) is 8.28. The first-order chi connectivity index (χ1) is 7.61. The molecule has 0 aliphatic carbocycles. The number of ether oxygens (including phenoxy) is 1. The minimum absolute atomic E-state index is 0.0951. The monoisotopic (exact) mass is 282 g/mol. The van der Waals surface area contributed by atoms with Crippen molar-refractivity contribution < 1.29 is 9.53 Å². The highest BCUT2D eigenvalue weighted by Crippen LogP contribution is 2.15. The van der Waals surface area contributed by atoms with Gasteiger partial charge in [0.15, 0.2) is 0 Å². The van der Waals surface area contributed by atoms with Crippen LogP contribution >= 0.6 is 15.9 Å². The fourth-order valence-electron chi connectivity index (χ4n) is 1.30. The van der Waals surface area contributed by atoms with Gasteiger partial charge >= 0.3 is 5.97 Å². The number of aromatic amines is 1. The predicted octanol–water partition coefficient (Wildman–Crippen LogP) is 1.47. The van der Waals surface area contributed by atoms with Crippen molar-refractivity contribution in [3.63, 3.8) is 0 Å². The molecule has 16 heavy (non-hydrogen) atoms. The first kappa shape index (κ1) is 10.8. The second-order valence-electron chi connectivity index (χ2n) is 3.07. The third kappa shape index (κ3) is 1.83. The molecule has 0 bridgehead atoms. The summed E-state index contributed by atoms with van der Waals surface area (Å²) in [5.41, 5.74) is 0.0825. The largest absolute Gasteiger partial charge is 0.463 e. The van der Waals surface area contributed by atoms with E-state index in [0.29, 0.717) is 10.9 Å². The standard InChI is InChI=1S/C10H7BrN2O3/c1-16-10(15)8-12-7-3-2-5(11)4-6(7)9(14)13-8/h2-4H,1H3,(H,12,13,14). The highest BCUT2D eigenvalue weighted by molar-refractivity contribution is 9.10. The van der Waals surface area contributed by atoms with E-state index in [1.165, 1.54) is 7.11 Å². The summed E-state index contributed by atoms with van der Waals surface area (Å²) in [4.78, 5) is 29.2. The van der Waals surface area contributed by atoms with E-state index in [4.69, 9.17) is 0 Å². The van der Waals surface area contributed by atoms with Crippen molar-refractivity contribution in [3.8, 4) is 0 Å². The Morgan fingerprint density at radius 1 is 1.50 bits per heavy atom. The number of carbonyl (C=O) groups excluding carboxylic acids is 1. The molecule has 1 aromatic heterocycles. The molecule has 0 unspecified atom stereocenters. The molecule has 82 valence electrons. The van der Waals surface area contributed by atoms with Gasteiger partial charge in [-0.15, -0.1) is 0 Å². The Morgan fingerprint density at radius 2 is 2.25 bits per heavy atom. The summed E-state index contributed by atoms with van der Waals surface area (Å²) in [6.07, 6.45) is 0. The Kier molecular flexibility index (Phi) is 2.74. The number of benzene rings is 1. The van der Waals surface area contributed by atoms with Crippen LogP contribution in [-0.4, -0.2) is 23.0 Å². The molecule has 2 aromatic rings. The van der Waals surface area contributed by atoms with Gasteiger partial charge in [-0.3, -0.25) is 4.79 Å². The van der Waals surface area contributed by atoms with Crippen LogP contribution in [0.25, 0.3) is 10.9 Å². The van der Waals surface area contributed by atoms with Crippen LogP contribution in [0.2, 0.25) is 0 Å². The molecule has 0 aliphatic heterocycles. The quantitative estimate of drug-likeness (QED) is 0.804. The SMILES string of the molecule is COC(=O)c1nc2ccc(Br)cc2c(=O)[nH]1. The van der Waals surface area contributed by atoms with Gasteiger partial charge in [0.1, 0.15) is 0 Å². The average Bonchev–Trinajstić information content (AvgIpc) is 2.28. The van der Waals surface area contributed by atoms with Crippen molar-refractivity contribution >= 4 is 32.8 Å². The highest BCUT2D eigenvalue weighted by Gasteiger charge is 2.11. The summed E-state index contributed by atoms with van der Waals surface area (Å²) in [5, 5.41) is 0.419. The topological polar surface area (TPSA) is 72.0 Å². The van der Waals surface area contributed by atoms with Gasteiger partial charge < -0.3 is 9.72 Å². The zero-order valence-corrected chi connectivity index (χ0v) is 9.87. The van der Waals surface area contributed by atoms with E-state index in [9.17, 15) is 9.59 Å². The summed E-state index contributed by atoms with van der Waals surface area (Å²) in [6, 6.07) is 5.04. The zero-order chi connectivity index (χ0) is 11.7. The molecule has 0 atom stereocenters. The summed E-state index contributed by atoms with van der Waals surface area (Å²) >= 11 is 3.26. The smallest absolute Gasteiger partial charge is 0.374 e. The number of nitrogens with one attached hydrogen (secondary N) is 1. The summed E-state index contributed by atoms with van der Waals surface area (Å²) in [7, 11) is 1.23. The van der Waals surface area contributed by atoms with Crippen molar-refractivity contribution in [2.75, 3.05) is 7.11 Å². The van der Waals surface area contributed by atoms with Crippen molar-refractivity contribution in [3.05, 3.63) is 38.9 Å². The molecule has 0 fully saturated rings. The van der Waals surface area contributed by atoms with E-state index >= 15 is 0 Å². The molecule has 5 nitrogen and oxygen atoms in total. The van der Waals surface area contributed by atoms with Crippen molar-refractivity contribution in [2.45, 2.75) is 0 Å². The number of hydrogen-bond acceptors (Lipinski definition) is 4. The van der Waals surface area contributed by atoms with Gasteiger partial charge in [-0.1, -0.05) is 15.9 Å². The number of esters is 1. The number of aromatic nitrogens is 2. The van der Waals surface area contributed by atoms with Crippen molar-refractivity contribution in [2.24, 2.45) is 0 Å². The Balaban J connectivity index is 2.73. The molecule has 0 amide bonds. The molecule has 1 N–H and O–H groups in total. The average molecular weight is 283 g/mol. The summed E-state index contributed by atoms with van der Waals surface area (Å²) < 4.78 is 5.26. The van der Waals surface area contributed by atoms with Crippen LogP contribution in [-0.2, 0) is 4.74 Å². The number of methoxy groups -OCH3 is 1. The molecule has 0 spiro atoms. The first-order valence-corrected chi connectivity index (χ1v) is 5.19. The van der Waals surface area contributed by atoms with Crippen LogP contribution in [0.15, 0.2) is 27.5 Å². The van der Waals surface area contributed by atoms with Gasteiger partial charge in [-0.05, 0) is 18.2 Å². The van der Waals surface area contributed by atoms with Crippen LogP contribution in [0.4, 0.5) is 0 Å². The minimum atomic E-state index is -0.665. The van der Waals surface area contributed by atoms with Gasteiger partial charge in [-0.2, -0.15) is 0 Å². The minimum Gasteiger partial charge on any atom is -0.463 e. The maximum Gasteiger partial charge on any atom is 0.374 e. The van der Waals surface area contributed by atoms with Crippen LogP contribution in [0.3, 0.4) is 0 Å². The van der Waals surface area contributed by atoms with Crippen LogP contribution in [0, 0.1) is 0 Å². The van der Waals surface area contributed by atoms with E-state index in [1.807, 2.05) is 0 Å². The van der Waals surface area contributed by atoms with Crippen LogP contribution in [0.5, 0.6) is 0 Å². The molecule has 0 saturated heterocycles. The predicted molar refractivity (Wildman–Crippen MR) is 61.4 cm³/mol. The fourth-order valence-corrected chi connectivity index (χ4v) is 1.67. The third-order valence-electron chi connectivity index (χ3n) is 2.05. The number of H-pyrrole nitrogens is 1. The maximum absolute atomic E-state index is 11.6. The third-order valence-corrected chi connectivity index (χ3v) is 2.54. The molecule has 0 saturated carbocycles. The van der Waals surface area contributed by atoms with Crippen molar-refractivity contribution in [1.82, 2.24) is 9.97 Å². The number of halogens is 1. The Bertz CT molecular complexity index is 621. The van der Waals surface area contributed by atoms with Crippen molar-refractivity contribution in [1.29, 1.82) is 0 Å². The Morgan fingerprint density at radius 3 is 2.94 bits per heavy atom. The van der Waals surface area contributed by atoms with Gasteiger partial charge in [0.05, 0.1) is 18.0 Å². The second kappa shape index (κ2) is 4.05. The molecule has 1 heterocycles. The van der Waals surface area contributed by atoms with E-state index < -0.39 is 5.97 Å². The number of nitrogens with zero attached hydrogens (tertiary/aromatic N) is 1. The Labute approximate surface area is 98.6 Å². The van der Waals surface area contributed by atoms with Crippen LogP contribution < -0.4 is 5.56 Å². The molecule has 1 aromatic carbocycles. The van der Waals surface area contributed by atoms with E-state index in [0.717, 1.165) is 4.47 Å². The molecule has 0 radical (unpaired) electrons. The second-order valence-corrected chi connectivity index (χ2v) is 3.98. The molecular formula is C10H7BrN2O3. The molecule has 0 aliphatic rings. The Hall–Kier alpha value is -1.69.